The third-order valence-corrected chi connectivity index (χ3v) is 3.33. The van der Waals surface area contributed by atoms with Gasteiger partial charge in [-0.25, -0.2) is 4.98 Å². The van der Waals surface area contributed by atoms with E-state index in [9.17, 15) is 4.79 Å². The Morgan fingerprint density at radius 2 is 2.24 bits per heavy atom. The lowest BCUT2D eigenvalue weighted by Crippen LogP contribution is -2.25. The monoisotopic (exact) mass is 254 g/mol. The van der Waals surface area contributed by atoms with Gasteiger partial charge in [0.05, 0.1) is 0 Å². The summed E-state index contributed by atoms with van der Waals surface area (Å²) in [6.07, 6.45) is 7.46. The van der Waals surface area contributed by atoms with Crippen LogP contribution in [-0.2, 0) is 0 Å². The number of hydrogen-bond donors (Lipinski definition) is 2. The summed E-state index contributed by atoms with van der Waals surface area (Å²) in [5, 5.41) is 2.73. The molecule has 94 valence electrons. The summed E-state index contributed by atoms with van der Waals surface area (Å²) < 4.78 is 5.41. The third-order valence-electron chi connectivity index (χ3n) is 3.11. The van der Waals surface area contributed by atoms with Crippen molar-refractivity contribution in [3.8, 4) is 0 Å². The maximum Gasteiger partial charge on any atom is 0.273 e. The predicted octanol–water partition coefficient (Wildman–Crippen LogP) is 2.38. The molecule has 0 unspecified atom stereocenters. The van der Waals surface area contributed by atoms with Crippen LogP contribution in [0.25, 0.3) is 0 Å². The molecule has 0 spiro atoms. The Labute approximate surface area is 107 Å². The van der Waals surface area contributed by atoms with Crippen LogP contribution in [0.15, 0.2) is 10.7 Å². The van der Waals surface area contributed by atoms with Crippen molar-refractivity contribution in [3.05, 3.63) is 17.8 Å². The molecule has 0 aliphatic heterocycles. The summed E-state index contributed by atoms with van der Waals surface area (Å²) in [6, 6.07) is 0. The van der Waals surface area contributed by atoms with E-state index in [-0.39, 0.29) is 5.91 Å². The molecule has 1 aromatic rings. The first-order valence-electron chi connectivity index (χ1n) is 6.15. The fourth-order valence-corrected chi connectivity index (χ4v) is 2.30. The maximum absolute atomic E-state index is 11.6. The molecular formula is C12H18N2O2S. The van der Waals surface area contributed by atoms with E-state index in [4.69, 9.17) is 4.42 Å². The molecule has 1 heterocycles. The first-order valence-corrected chi connectivity index (χ1v) is 6.79. The average molecular weight is 254 g/mol. The van der Waals surface area contributed by atoms with Crippen LogP contribution in [0.1, 0.15) is 54.4 Å². The smallest absolute Gasteiger partial charge is 0.273 e. The maximum atomic E-state index is 11.6. The zero-order valence-electron chi connectivity index (χ0n) is 9.82. The van der Waals surface area contributed by atoms with E-state index in [0.717, 1.165) is 18.7 Å². The number of oxazole rings is 1. The number of carbonyl (C=O) groups excluding carboxylic acids is 1. The molecule has 2 rings (SSSR count). The highest BCUT2D eigenvalue weighted by Crippen LogP contribution is 2.31. The molecule has 0 saturated heterocycles. The van der Waals surface area contributed by atoms with E-state index in [1.54, 1.807) is 0 Å². The zero-order valence-corrected chi connectivity index (χ0v) is 10.7. The summed E-state index contributed by atoms with van der Waals surface area (Å²) in [5.41, 5.74) is 0.382. The van der Waals surface area contributed by atoms with Crippen LogP contribution in [0.3, 0.4) is 0 Å². The van der Waals surface area contributed by atoms with Crippen LogP contribution in [0.5, 0.6) is 0 Å². The largest absolute Gasteiger partial charge is 0.448 e. The molecule has 4 nitrogen and oxygen atoms in total. The van der Waals surface area contributed by atoms with Crippen molar-refractivity contribution >= 4 is 18.5 Å². The summed E-state index contributed by atoms with van der Waals surface area (Å²) in [5.74, 6) is 1.57. The van der Waals surface area contributed by atoms with Gasteiger partial charge in [0, 0.05) is 18.2 Å². The number of aromatic nitrogens is 1. The molecule has 0 bridgehead atoms. The fourth-order valence-electron chi connectivity index (χ4n) is 2.19. The van der Waals surface area contributed by atoms with E-state index in [1.807, 2.05) is 0 Å². The summed E-state index contributed by atoms with van der Waals surface area (Å²) in [7, 11) is 0. The molecule has 1 fully saturated rings. The van der Waals surface area contributed by atoms with Gasteiger partial charge in [0.25, 0.3) is 5.91 Å². The standard InChI is InChI=1S/C12H18N2O2S/c15-11(13-6-7-17)10-8-16-12(14-10)9-4-2-1-3-5-9/h8-9,17H,1-7H2,(H,13,15). The lowest BCUT2D eigenvalue weighted by Gasteiger charge is -2.17. The first kappa shape index (κ1) is 12.5. The van der Waals surface area contributed by atoms with Gasteiger partial charge in [-0.1, -0.05) is 19.3 Å². The normalized spacial score (nSPS) is 17.0. The summed E-state index contributed by atoms with van der Waals surface area (Å²) in [4.78, 5) is 15.9. The third kappa shape index (κ3) is 3.25. The molecule has 1 N–H and O–H groups in total. The molecular weight excluding hydrogens is 236 g/mol. The molecule has 0 aromatic carbocycles. The van der Waals surface area contributed by atoms with E-state index in [1.165, 1.54) is 25.5 Å². The Morgan fingerprint density at radius 1 is 1.47 bits per heavy atom. The van der Waals surface area contributed by atoms with Gasteiger partial charge in [-0.15, -0.1) is 0 Å². The highest BCUT2D eigenvalue weighted by Gasteiger charge is 2.21. The van der Waals surface area contributed by atoms with Gasteiger partial charge >= 0.3 is 0 Å². The average Bonchev–Trinajstić information content (AvgIpc) is 2.86. The fraction of sp³-hybridized carbons (Fsp3) is 0.667. The number of rotatable bonds is 4. The Kier molecular flexibility index (Phi) is 4.48. The Morgan fingerprint density at radius 3 is 2.94 bits per heavy atom. The van der Waals surface area contributed by atoms with E-state index in [0.29, 0.717) is 23.9 Å². The van der Waals surface area contributed by atoms with Crippen molar-refractivity contribution in [1.29, 1.82) is 0 Å². The highest BCUT2D eigenvalue weighted by atomic mass is 32.1. The van der Waals surface area contributed by atoms with Gasteiger partial charge in [-0.3, -0.25) is 4.79 Å². The molecule has 1 saturated carbocycles. The number of nitrogens with one attached hydrogen (secondary N) is 1. The van der Waals surface area contributed by atoms with Gasteiger partial charge < -0.3 is 9.73 Å². The molecule has 1 aliphatic carbocycles. The minimum absolute atomic E-state index is 0.176. The van der Waals surface area contributed by atoms with Crippen LogP contribution in [-0.4, -0.2) is 23.2 Å². The summed E-state index contributed by atoms with van der Waals surface area (Å²) in [6.45, 7) is 0.549. The number of thiol groups is 1. The van der Waals surface area contributed by atoms with Crippen molar-refractivity contribution in [2.45, 2.75) is 38.0 Å². The van der Waals surface area contributed by atoms with E-state index >= 15 is 0 Å². The Bertz CT molecular complexity index is 372. The number of hydrogen-bond acceptors (Lipinski definition) is 4. The van der Waals surface area contributed by atoms with Gasteiger partial charge in [-0.2, -0.15) is 12.6 Å². The molecule has 1 aromatic heterocycles. The van der Waals surface area contributed by atoms with Crippen LogP contribution in [0.4, 0.5) is 0 Å². The van der Waals surface area contributed by atoms with Gasteiger partial charge in [0.2, 0.25) is 0 Å². The van der Waals surface area contributed by atoms with E-state index < -0.39 is 0 Å². The van der Waals surface area contributed by atoms with Gasteiger partial charge in [0.1, 0.15) is 6.26 Å². The second-order valence-corrected chi connectivity index (χ2v) is 4.83. The predicted molar refractivity (Wildman–Crippen MR) is 68.5 cm³/mol. The first-order chi connectivity index (χ1) is 8.31. The van der Waals surface area contributed by atoms with Crippen LogP contribution in [0, 0.1) is 0 Å². The van der Waals surface area contributed by atoms with Crippen LogP contribution < -0.4 is 5.32 Å². The van der Waals surface area contributed by atoms with Crippen molar-refractivity contribution in [1.82, 2.24) is 10.3 Å². The van der Waals surface area contributed by atoms with Crippen molar-refractivity contribution in [2.75, 3.05) is 12.3 Å². The van der Waals surface area contributed by atoms with Gasteiger partial charge in [0.15, 0.2) is 11.6 Å². The lowest BCUT2D eigenvalue weighted by atomic mass is 9.89. The molecule has 17 heavy (non-hydrogen) atoms. The number of carbonyl (C=O) groups is 1. The quantitative estimate of drug-likeness (QED) is 0.811. The minimum Gasteiger partial charge on any atom is -0.448 e. The van der Waals surface area contributed by atoms with Crippen molar-refractivity contribution < 1.29 is 9.21 Å². The SMILES string of the molecule is O=C(NCCS)c1coc(C2CCCCC2)n1. The lowest BCUT2D eigenvalue weighted by molar-refractivity contribution is 0.0951. The zero-order chi connectivity index (χ0) is 12.1. The highest BCUT2D eigenvalue weighted by molar-refractivity contribution is 7.80. The Balaban J connectivity index is 1.97. The molecule has 1 aliphatic rings. The van der Waals surface area contributed by atoms with Crippen LogP contribution in [0.2, 0.25) is 0 Å². The second-order valence-electron chi connectivity index (χ2n) is 4.39. The van der Waals surface area contributed by atoms with Crippen LogP contribution >= 0.6 is 12.6 Å². The second kappa shape index (κ2) is 6.10. The van der Waals surface area contributed by atoms with Gasteiger partial charge in [-0.05, 0) is 12.8 Å². The van der Waals surface area contributed by atoms with E-state index in [2.05, 4.69) is 22.9 Å². The number of nitrogens with zero attached hydrogens (tertiary/aromatic N) is 1. The summed E-state index contributed by atoms with van der Waals surface area (Å²) >= 11 is 4.04. The Hall–Kier alpha value is -0.970. The molecule has 5 heteroatoms. The minimum atomic E-state index is -0.176. The van der Waals surface area contributed by atoms with Crippen molar-refractivity contribution in [3.63, 3.8) is 0 Å². The van der Waals surface area contributed by atoms with Crippen molar-refractivity contribution in [2.24, 2.45) is 0 Å². The topological polar surface area (TPSA) is 55.1 Å². The molecule has 1 amide bonds. The molecule has 0 atom stereocenters. The number of amides is 1. The molecule has 0 radical (unpaired) electrons.